The zero-order valence-corrected chi connectivity index (χ0v) is 15.5. The summed E-state index contributed by atoms with van der Waals surface area (Å²) in [4.78, 5) is 19.8. The van der Waals surface area contributed by atoms with Crippen LogP contribution in [-0.2, 0) is 0 Å². The van der Waals surface area contributed by atoms with Crippen LogP contribution < -0.4 is 10.1 Å². The summed E-state index contributed by atoms with van der Waals surface area (Å²) >= 11 is 0. The van der Waals surface area contributed by atoms with Gasteiger partial charge in [-0.05, 0) is 49.6 Å². The number of hydrogen-bond acceptors (Lipinski definition) is 4. The number of methoxy groups -OCH3 is 1. The summed E-state index contributed by atoms with van der Waals surface area (Å²) in [5.74, 6) is 1.91. The molecule has 1 aromatic heterocycles. The van der Waals surface area contributed by atoms with Crippen molar-refractivity contribution >= 4 is 5.91 Å². The number of fused-ring (bicyclic) bond motifs is 1. The van der Waals surface area contributed by atoms with Crippen molar-refractivity contribution in [2.24, 2.45) is 11.8 Å². The third-order valence-corrected chi connectivity index (χ3v) is 5.61. The Morgan fingerprint density at radius 2 is 1.85 bits per heavy atom. The fraction of sp³-hybridized carbons (Fsp3) is 0.429. The summed E-state index contributed by atoms with van der Waals surface area (Å²) in [5, 5.41) is 3.49. The van der Waals surface area contributed by atoms with Crippen molar-refractivity contribution in [2.75, 3.05) is 26.7 Å². The van der Waals surface area contributed by atoms with Gasteiger partial charge in [-0.1, -0.05) is 12.1 Å². The van der Waals surface area contributed by atoms with Gasteiger partial charge in [0.1, 0.15) is 5.75 Å². The van der Waals surface area contributed by atoms with Crippen LogP contribution in [0.2, 0.25) is 0 Å². The number of hydrogen-bond donors (Lipinski definition) is 1. The van der Waals surface area contributed by atoms with E-state index in [0.717, 1.165) is 42.3 Å². The van der Waals surface area contributed by atoms with E-state index in [2.05, 4.69) is 27.3 Å². The highest BCUT2D eigenvalue weighted by Crippen LogP contribution is 2.43. The fourth-order valence-corrected chi connectivity index (χ4v) is 4.48. The monoisotopic (exact) mass is 351 g/mol. The van der Waals surface area contributed by atoms with Crippen molar-refractivity contribution in [2.45, 2.75) is 19.9 Å². The zero-order valence-electron chi connectivity index (χ0n) is 15.5. The second-order valence-electron chi connectivity index (χ2n) is 7.40. The lowest BCUT2D eigenvalue weighted by molar-refractivity contribution is 0.0713. The zero-order chi connectivity index (χ0) is 18.3. The van der Waals surface area contributed by atoms with Crippen LogP contribution in [0, 0.1) is 25.7 Å². The molecule has 4 rings (SSSR count). The van der Waals surface area contributed by atoms with E-state index >= 15 is 0 Å². The second-order valence-corrected chi connectivity index (χ2v) is 7.40. The fourth-order valence-electron chi connectivity index (χ4n) is 4.48. The molecule has 5 nitrogen and oxygen atoms in total. The van der Waals surface area contributed by atoms with Crippen molar-refractivity contribution in [1.29, 1.82) is 0 Å². The smallest absolute Gasteiger partial charge is 0.254 e. The topological polar surface area (TPSA) is 54.5 Å². The number of rotatable bonds is 3. The molecule has 136 valence electrons. The number of carbonyl (C=O) groups excluding carboxylic acids is 1. The summed E-state index contributed by atoms with van der Waals surface area (Å²) < 4.78 is 5.29. The van der Waals surface area contributed by atoms with Crippen LogP contribution in [0.4, 0.5) is 0 Å². The molecule has 2 aliphatic heterocycles. The second kappa shape index (κ2) is 6.72. The Hall–Kier alpha value is -2.40. The maximum atomic E-state index is 13.3. The average Bonchev–Trinajstić information content (AvgIpc) is 3.21. The molecule has 2 saturated heterocycles. The van der Waals surface area contributed by atoms with Gasteiger partial charge >= 0.3 is 0 Å². The molecular formula is C21H25N3O2. The first kappa shape index (κ1) is 17.0. The molecule has 3 atom stereocenters. The van der Waals surface area contributed by atoms with Crippen molar-refractivity contribution in [1.82, 2.24) is 15.2 Å². The molecule has 0 spiro atoms. The van der Waals surface area contributed by atoms with Gasteiger partial charge in [-0.25, -0.2) is 0 Å². The molecular weight excluding hydrogens is 326 g/mol. The summed E-state index contributed by atoms with van der Waals surface area (Å²) in [5.41, 5.74) is 3.69. The van der Waals surface area contributed by atoms with Gasteiger partial charge in [-0.3, -0.25) is 9.78 Å². The molecule has 2 aliphatic rings. The van der Waals surface area contributed by atoms with E-state index in [0.29, 0.717) is 11.8 Å². The van der Waals surface area contributed by atoms with Gasteiger partial charge in [-0.2, -0.15) is 0 Å². The molecule has 1 amide bonds. The average molecular weight is 351 g/mol. The molecule has 2 aromatic rings. The maximum Gasteiger partial charge on any atom is 0.254 e. The van der Waals surface area contributed by atoms with Crippen LogP contribution in [0.5, 0.6) is 5.75 Å². The number of nitrogens with zero attached hydrogens (tertiary/aromatic N) is 2. The molecule has 26 heavy (non-hydrogen) atoms. The van der Waals surface area contributed by atoms with Gasteiger partial charge in [0, 0.05) is 42.5 Å². The number of likely N-dealkylation sites (tertiary alicyclic amines) is 1. The molecule has 0 unspecified atom stereocenters. The molecule has 0 saturated carbocycles. The van der Waals surface area contributed by atoms with Crippen molar-refractivity contribution in [3.05, 3.63) is 58.9 Å². The molecule has 0 bridgehead atoms. The molecule has 2 fully saturated rings. The van der Waals surface area contributed by atoms with Gasteiger partial charge in [0.2, 0.25) is 0 Å². The quantitative estimate of drug-likeness (QED) is 0.924. The lowest BCUT2D eigenvalue weighted by atomic mass is 9.89. The third kappa shape index (κ3) is 2.97. The number of nitrogens with one attached hydrogen (secondary N) is 1. The maximum absolute atomic E-state index is 13.3. The minimum atomic E-state index is 0.0992. The molecule has 0 aliphatic carbocycles. The molecule has 0 radical (unpaired) electrons. The SMILES string of the molecule is COc1ccc([C@H]2[C@H]3CNC[C@H]3CN2C(=O)c2cc(C)nc(C)c2)cc1. The normalized spacial score (nSPS) is 24.6. The van der Waals surface area contributed by atoms with E-state index in [1.165, 1.54) is 5.56 Å². The third-order valence-electron chi connectivity index (χ3n) is 5.61. The van der Waals surface area contributed by atoms with Crippen molar-refractivity contribution in [3.63, 3.8) is 0 Å². The van der Waals surface area contributed by atoms with Crippen molar-refractivity contribution in [3.8, 4) is 5.75 Å². The largest absolute Gasteiger partial charge is 0.497 e. The minimum Gasteiger partial charge on any atom is -0.497 e. The van der Waals surface area contributed by atoms with Crippen LogP contribution in [0.1, 0.15) is 33.4 Å². The molecule has 5 heteroatoms. The van der Waals surface area contributed by atoms with Gasteiger partial charge in [0.15, 0.2) is 0 Å². The highest BCUT2D eigenvalue weighted by Gasteiger charge is 2.46. The minimum absolute atomic E-state index is 0.0992. The van der Waals surface area contributed by atoms with Crippen molar-refractivity contribution < 1.29 is 9.53 Å². The van der Waals surface area contributed by atoms with Crippen LogP contribution in [-0.4, -0.2) is 42.5 Å². The standard InChI is InChI=1S/C21H25N3O2/c1-13-8-16(9-14(2)23-13)21(25)24-12-17-10-22-11-19(17)20(24)15-4-6-18(26-3)7-5-15/h4-9,17,19-20,22H,10-12H2,1-3H3/t17-,19-,20-/m0/s1. The van der Waals surface area contributed by atoms with Gasteiger partial charge in [-0.15, -0.1) is 0 Å². The summed E-state index contributed by atoms with van der Waals surface area (Å²) in [6.45, 7) is 6.61. The molecule has 1 aromatic carbocycles. The first-order valence-corrected chi connectivity index (χ1v) is 9.18. The lowest BCUT2D eigenvalue weighted by Gasteiger charge is -2.29. The number of pyridine rings is 1. The number of aromatic nitrogens is 1. The predicted molar refractivity (Wildman–Crippen MR) is 100 cm³/mol. The highest BCUT2D eigenvalue weighted by atomic mass is 16.5. The van der Waals surface area contributed by atoms with E-state index < -0.39 is 0 Å². The van der Waals surface area contributed by atoms with Gasteiger partial charge in [0.05, 0.1) is 13.2 Å². The number of ether oxygens (including phenoxy) is 1. The van der Waals surface area contributed by atoms with Crippen LogP contribution in [0.15, 0.2) is 36.4 Å². The first-order valence-electron chi connectivity index (χ1n) is 9.18. The van der Waals surface area contributed by atoms with Gasteiger partial charge in [0.25, 0.3) is 5.91 Å². The Labute approximate surface area is 154 Å². The van der Waals surface area contributed by atoms with Crippen LogP contribution >= 0.6 is 0 Å². The number of benzene rings is 1. The number of carbonyl (C=O) groups is 1. The number of aryl methyl sites for hydroxylation is 2. The Morgan fingerprint density at radius 3 is 2.50 bits per heavy atom. The molecule has 1 N–H and O–H groups in total. The Morgan fingerprint density at radius 1 is 1.15 bits per heavy atom. The lowest BCUT2D eigenvalue weighted by Crippen LogP contribution is -2.34. The summed E-state index contributed by atoms with van der Waals surface area (Å²) in [6.07, 6.45) is 0. The first-order chi connectivity index (χ1) is 12.6. The van der Waals surface area contributed by atoms with Crippen LogP contribution in [0.3, 0.4) is 0 Å². The predicted octanol–water partition coefficient (Wildman–Crippen LogP) is 2.74. The van der Waals surface area contributed by atoms with E-state index in [1.54, 1.807) is 7.11 Å². The summed E-state index contributed by atoms with van der Waals surface area (Å²) in [7, 11) is 1.67. The Kier molecular flexibility index (Phi) is 4.41. The molecule has 3 heterocycles. The number of amides is 1. The Balaban J connectivity index is 1.69. The Bertz CT molecular complexity index is 798. The van der Waals surface area contributed by atoms with E-state index in [4.69, 9.17) is 4.74 Å². The van der Waals surface area contributed by atoms with Gasteiger partial charge < -0.3 is 15.0 Å². The van der Waals surface area contributed by atoms with E-state index in [9.17, 15) is 4.79 Å². The van der Waals surface area contributed by atoms with E-state index in [-0.39, 0.29) is 11.9 Å². The van der Waals surface area contributed by atoms with E-state index in [1.807, 2.05) is 38.1 Å². The highest BCUT2D eigenvalue weighted by molar-refractivity contribution is 5.95. The van der Waals surface area contributed by atoms with Crippen LogP contribution in [0.25, 0.3) is 0 Å². The summed E-state index contributed by atoms with van der Waals surface area (Å²) in [6, 6.07) is 12.0.